The second kappa shape index (κ2) is 3.60. The highest BCUT2D eigenvalue weighted by Crippen LogP contribution is 2.43. The highest BCUT2D eigenvalue weighted by molar-refractivity contribution is 5.26. The fraction of sp³-hybridized carbons (Fsp3) is 0.538. The normalized spacial score (nSPS) is 26.1. The molecule has 0 atom stereocenters. The Kier molecular flexibility index (Phi) is 2.55. The zero-order valence-electron chi connectivity index (χ0n) is 9.33. The molecule has 1 aromatic rings. The van der Waals surface area contributed by atoms with Gasteiger partial charge in [0.2, 0.25) is 0 Å². The van der Waals surface area contributed by atoms with Gasteiger partial charge in [0.1, 0.15) is 5.82 Å². The fourth-order valence-corrected chi connectivity index (χ4v) is 2.37. The second-order valence-corrected chi connectivity index (χ2v) is 5.16. The van der Waals surface area contributed by atoms with Crippen LogP contribution >= 0.6 is 0 Å². The third kappa shape index (κ3) is 1.91. The van der Waals surface area contributed by atoms with E-state index in [1.807, 2.05) is 12.1 Å². The standard InChI is InChI=1S/C13H18FN/c1-13(2,10-7-12(15)8-10)9-3-5-11(14)6-4-9/h3-6,10,12H,7-8,15H2,1-2H3. The van der Waals surface area contributed by atoms with Crippen LogP contribution in [-0.2, 0) is 5.41 Å². The largest absolute Gasteiger partial charge is 0.328 e. The first kappa shape index (κ1) is 10.6. The molecule has 1 aliphatic carbocycles. The van der Waals surface area contributed by atoms with Crippen LogP contribution in [0, 0.1) is 11.7 Å². The van der Waals surface area contributed by atoms with Gasteiger partial charge in [-0.1, -0.05) is 26.0 Å². The van der Waals surface area contributed by atoms with Crippen LogP contribution in [0.2, 0.25) is 0 Å². The van der Waals surface area contributed by atoms with Crippen LogP contribution in [0.15, 0.2) is 24.3 Å². The lowest BCUT2D eigenvalue weighted by Gasteiger charge is -2.44. The molecule has 0 aromatic heterocycles. The van der Waals surface area contributed by atoms with E-state index in [9.17, 15) is 4.39 Å². The van der Waals surface area contributed by atoms with E-state index in [0.29, 0.717) is 12.0 Å². The number of benzene rings is 1. The molecule has 0 heterocycles. The summed E-state index contributed by atoms with van der Waals surface area (Å²) in [6, 6.07) is 7.22. The first-order chi connectivity index (χ1) is 7.00. The molecule has 1 nitrogen and oxygen atoms in total. The molecule has 0 saturated heterocycles. The van der Waals surface area contributed by atoms with Gasteiger partial charge in [-0.3, -0.25) is 0 Å². The minimum atomic E-state index is -0.167. The summed E-state index contributed by atoms with van der Waals surface area (Å²) in [6.07, 6.45) is 2.18. The number of hydrogen-bond acceptors (Lipinski definition) is 1. The van der Waals surface area contributed by atoms with Gasteiger partial charge in [-0.25, -0.2) is 4.39 Å². The minimum absolute atomic E-state index is 0.115. The van der Waals surface area contributed by atoms with Crippen molar-refractivity contribution in [3.63, 3.8) is 0 Å². The summed E-state index contributed by atoms with van der Waals surface area (Å²) in [7, 11) is 0. The maximum absolute atomic E-state index is 12.8. The number of hydrogen-bond donors (Lipinski definition) is 1. The molecule has 1 saturated carbocycles. The molecule has 0 amide bonds. The summed E-state index contributed by atoms with van der Waals surface area (Å²) in [5, 5.41) is 0. The van der Waals surface area contributed by atoms with E-state index in [-0.39, 0.29) is 11.2 Å². The molecule has 82 valence electrons. The van der Waals surface area contributed by atoms with Crippen LogP contribution in [0.4, 0.5) is 4.39 Å². The van der Waals surface area contributed by atoms with Crippen molar-refractivity contribution in [3.8, 4) is 0 Å². The van der Waals surface area contributed by atoms with E-state index in [2.05, 4.69) is 13.8 Å². The molecule has 0 spiro atoms. The predicted molar refractivity (Wildman–Crippen MR) is 60.1 cm³/mol. The lowest BCUT2D eigenvalue weighted by atomic mass is 9.62. The molecule has 2 N–H and O–H groups in total. The van der Waals surface area contributed by atoms with Gasteiger partial charge in [-0.15, -0.1) is 0 Å². The molecule has 0 unspecified atom stereocenters. The lowest BCUT2D eigenvalue weighted by Crippen LogP contribution is -2.45. The van der Waals surface area contributed by atoms with E-state index in [1.165, 1.54) is 17.7 Å². The van der Waals surface area contributed by atoms with E-state index in [4.69, 9.17) is 5.73 Å². The average molecular weight is 207 g/mol. The van der Waals surface area contributed by atoms with Crippen molar-refractivity contribution in [1.29, 1.82) is 0 Å². The Hall–Kier alpha value is -0.890. The Bertz CT molecular complexity index is 336. The predicted octanol–water partition coefficient (Wildman–Crippen LogP) is 2.84. The molecule has 0 bridgehead atoms. The van der Waals surface area contributed by atoms with Crippen LogP contribution in [0.3, 0.4) is 0 Å². The molecular formula is C13H18FN. The maximum Gasteiger partial charge on any atom is 0.123 e. The van der Waals surface area contributed by atoms with Crippen molar-refractivity contribution < 1.29 is 4.39 Å². The molecule has 1 aliphatic rings. The summed E-state index contributed by atoms with van der Waals surface area (Å²) in [6.45, 7) is 4.44. The SMILES string of the molecule is CC(C)(c1ccc(F)cc1)C1CC(N)C1. The van der Waals surface area contributed by atoms with Gasteiger partial charge < -0.3 is 5.73 Å². The Morgan fingerprint density at radius 2 is 1.73 bits per heavy atom. The highest BCUT2D eigenvalue weighted by atomic mass is 19.1. The van der Waals surface area contributed by atoms with E-state index < -0.39 is 0 Å². The van der Waals surface area contributed by atoms with Crippen LogP contribution in [0.25, 0.3) is 0 Å². The Morgan fingerprint density at radius 1 is 1.20 bits per heavy atom. The Morgan fingerprint density at radius 3 is 2.20 bits per heavy atom. The van der Waals surface area contributed by atoms with Crippen molar-refractivity contribution in [3.05, 3.63) is 35.6 Å². The maximum atomic E-state index is 12.8. The van der Waals surface area contributed by atoms with Gasteiger partial charge in [-0.2, -0.15) is 0 Å². The molecule has 2 heteroatoms. The molecule has 1 aromatic carbocycles. The number of rotatable bonds is 2. The topological polar surface area (TPSA) is 26.0 Å². The first-order valence-electron chi connectivity index (χ1n) is 5.52. The first-order valence-corrected chi connectivity index (χ1v) is 5.52. The summed E-state index contributed by atoms with van der Waals surface area (Å²) in [4.78, 5) is 0. The summed E-state index contributed by atoms with van der Waals surface area (Å²) < 4.78 is 12.8. The van der Waals surface area contributed by atoms with Crippen LogP contribution in [0.5, 0.6) is 0 Å². The van der Waals surface area contributed by atoms with Crippen molar-refractivity contribution in [2.75, 3.05) is 0 Å². The smallest absolute Gasteiger partial charge is 0.123 e. The third-order valence-electron chi connectivity index (χ3n) is 3.78. The zero-order valence-corrected chi connectivity index (χ0v) is 9.33. The minimum Gasteiger partial charge on any atom is -0.328 e. The molecular weight excluding hydrogens is 189 g/mol. The molecule has 0 aliphatic heterocycles. The average Bonchev–Trinajstić information content (AvgIpc) is 2.13. The Labute approximate surface area is 90.5 Å². The van der Waals surface area contributed by atoms with Crippen molar-refractivity contribution in [1.82, 2.24) is 0 Å². The van der Waals surface area contributed by atoms with Crippen LogP contribution < -0.4 is 5.73 Å². The van der Waals surface area contributed by atoms with E-state index >= 15 is 0 Å². The molecule has 2 rings (SSSR count). The van der Waals surface area contributed by atoms with Gasteiger partial charge in [-0.05, 0) is 41.9 Å². The molecule has 0 radical (unpaired) electrons. The summed E-state index contributed by atoms with van der Waals surface area (Å²) >= 11 is 0. The second-order valence-electron chi connectivity index (χ2n) is 5.16. The quantitative estimate of drug-likeness (QED) is 0.793. The van der Waals surface area contributed by atoms with Crippen LogP contribution in [-0.4, -0.2) is 6.04 Å². The Balaban J connectivity index is 2.18. The van der Waals surface area contributed by atoms with Gasteiger partial charge in [0.15, 0.2) is 0 Å². The van der Waals surface area contributed by atoms with Crippen molar-refractivity contribution in [2.24, 2.45) is 11.7 Å². The summed E-state index contributed by atoms with van der Waals surface area (Å²) in [5.74, 6) is 0.470. The monoisotopic (exact) mass is 207 g/mol. The van der Waals surface area contributed by atoms with Gasteiger partial charge >= 0.3 is 0 Å². The van der Waals surface area contributed by atoms with Gasteiger partial charge in [0.05, 0.1) is 0 Å². The van der Waals surface area contributed by atoms with E-state index in [0.717, 1.165) is 12.8 Å². The highest BCUT2D eigenvalue weighted by Gasteiger charge is 2.39. The fourth-order valence-electron chi connectivity index (χ4n) is 2.37. The third-order valence-corrected chi connectivity index (χ3v) is 3.78. The molecule has 1 fully saturated rings. The van der Waals surface area contributed by atoms with Gasteiger partial charge in [0.25, 0.3) is 0 Å². The van der Waals surface area contributed by atoms with Crippen LogP contribution in [0.1, 0.15) is 32.3 Å². The molecule has 15 heavy (non-hydrogen) atoms. The number of halogens is 1. The number of nitrogens with two attached hydrogens (primary N) is 1. The summed E-state index contributed by atoms with van der Waals surface area (Å²) in [5.41, 5.74) is 7.13. The zero-order chi connectivity index (χ0) is 11.1. The van der Waals surface area contributed by atoms with Gasteiger partial charge in [0, 0.05) is 6.04 Å². The van der Waals surface area contributed by atoms with Crippen molar-refractivity contribution in [2.45, 2.75) is 38.1 Å². The lowest BCUT2D eigenvalue weighted by molar-refractivity contribution is 0.164. The van der Waals surface area contributed by atoms with Crippen molar-refractivity contribution >= 4 is 0 Å². The van der Waals surface area contributed by atoms with E-state index in [1.54, 1.807) is 0 Å².